The number of likely N-dealkylation sites (N-methyl/N-ethyl adjacent to an activating group) is 1. The predicted octanol–water partition coefficient (Wildman–Crippen LogP) is 7.70. The molecular weight excluding hydrogens is 579 g/mol. The molecule has 226 valence electrons. The van der Waals surface area contributed by atoms with E-state index < -0.39 is 11.7 Å². The van der Waals surface area contributed by atoms with Crippen molar-refractivity contribution in [2.45, 2.75) is 42.3 Å². The molecule has 0 radical (unpaired) electrons. The number of aromatic nitrogens is 1. The van der Waals surface area contributed by atoms with E-state index in [0.717, 1.165) is 60.9 Å². The van der Waals surface area contributed by atoms with Crippen LogP contribution >= 0.6 is 11.8 Å². The van der Waals surface area contributed by atoms with Crippen LogP contribution in [0.4, 0.5) is 13.2 Å². The van der Waals surface area contributed by atoms with E-state index in [1.807, 2.05) is 18.9 Å². The highest BCUT2D eigenvalue weighted by atomic mass is 32.2. The van der Waals surface area contributed by atoms with E-state index in [-0.39, 0.29) is 30.0 Å². The van der Waals surface area contributed by atoms with Crippen LogP contribution in [-0.4, -0.2) is 53.8 Å². The van der Waals surface area contributed by atoms with Crippen molar-refractivity contribution in [2.75, 3.05) is 33.2 Å². The molecule has 1 fully saturated rings. The second kappa shape index (κ2) is 12.3. The summed E-state index contributed by atoms with van der Waals surface area (Å²) in [5.41, 5.74) is 6.14. The number of halogens is 3. The van der Waals surface area contributed by atoms with Gasteiger partial charge in [0.05, 0.1) is 5.56 Å². The van der Waals surface area contributed by atoms with Crippen molar-refractivity contribution in [1.29, 1.82) is 0 Å². The number of fused-ring (bicyclic) bond motifs is 2. The average molecular weight is 614 g/mol. The van der Waals surface area contributed by atoms with Gasteiger partial charge < -0.3 is 4.90 Å². The molecule has 8 heteroatoms. The number of carbonyl (C=O) groups excluding carboxylic acids is 1. The van der Waals surface area contributed by atoms with Crippen molar-refractivity contribution >= 4 is 23.1 Å². The molecule has 1 aromatic heterocycles. The van der Waals surface area contributed by atoms with Gasteiger partial charge in [-0.25, -0.2) is 0 Å². The Hall–Kier alpha value is -3.72. The molecule has 3 heterocycles. The van der Waals surface area contributed by atoms with Crippen LogP contribution < -0.4 is 0 Å². The summed E-state index contributed by atoms with van der Waals surface area (Å²) in [7, 11) is 2.01. The first-order valence-electron chi connectivity index (χ1n) is 14.7. The standard InChI is InChI=1S/C36H34F3N3OS/c1-23-16-32(33(43)18-25-8-9-28(31(17-25)36(37,38)39)22-42-14-12-41(3)13-15-42)40-21-30(23)24(2)26-10-11-35-29(19-26)20-27-6-4-5-7-34(27)44-35/h4-11,16-17,19,21H,2,12-15,18,20,22H2,1,3H3. The molecule has 0 unspecified atom stereocenters. The zero-order chi connectivity index (χ0) is 31.0. The first kappa shape index (κ1) is 30.3. The van der Waals surface area contributed by atoms with E-state index >= 15 is 0 Å². The van der Waals surface area contributed by atoms with Crippen LogP contribution in [0.25, 0.3) is 5.57 Å². The Morgan fingerprint density at radius 3 is 2.45 bits per heavy atom. The number of Topliss-reactive ketones (excluding diaryl/α,β-unsaturated/α-hetero) is 1. The van der Waals surface area contributed by atoms with Gasteiger partial charge in [-0.05, 0) is 89.7 Å². The maximum atomic E-state index is 14.0. The van der Waals surface area contributed by atoms with Crippen LogP contribution in [-0.2, 0) is 25.6 Å². The Balaban J connectivity index is 1.16. The van der Waals surface area contributed by atoms with Crippen LogP contribution in [0.15, 0.2) is 89.3 Å². The summed E-state index contributed by atoms with van der Waals surface area (Å²) in [5, 5.41) is 0. The van der Waals surface area contributed by atoms with E-state index in [2.05, 4.69) is 58.9 Å². The lowest BCUT2D eigenvalue weighted by Gasteiger charge is -2.33. The Morgan fingerprint density at radius 2 is 1.70 bits per heavy atom. The highest BCUT2D eigenvalue weighted by molar-refractivity contribution is 7.99. The maximum Gasteiger partial charge on any atom is 0.416 e. The zero-order valence-electron chi connectivity index (χ0n) is 24.9. The maximum absolute atomic E-state index is 14.0. The zero-order valence-corrected chi connectivity index (χ0v) is 25.7. The molecule has 0 bridgehead atoms. The summed E-state index contributed by atoms with van der Waals surface area (Å²) in [6, 6.07) is 20.8. The minimum Gasteiger partial charge on any atom is -0.304 e. The molecule has 4 nitrogen and oxygen atoms in total. The first-order chi connectivity index (χ1) is 21.0. The third kappa shape index (κ3) is 6.53. The molecule has 0 atom stereocenters. The van der Waals surface area contributed by atoms with Crippen LogP contribution in [0, 0.1) is 6.92 Å². The van der Waals surface area contributed by atoms with Crippen molar-refractivity contribution < 1.29 is 18.0 Å². The lowest BCUT2D eigenvalue weighted by atomic mass is 9.93. The van der Waals surface area contributed by atoms with E-state index in [1.54, 1.807) is 30.1 Å². The van der Waals surface area contributed by atoms with E-state index in [9.17, 15) is 18.0 Å². The summed E-state index contributed by atoms with van der Waals surface area (Å²) in [6.45, 7) is 9.57. The highest BCUT2D eigenvalue weighted by Crippen LogP contribution is 2.41. The summed E-state index contributed by atoms with van der Waals surface area (Å²) >= 11 is 1.77. The highest BCUT2D eigenvalue weighted by Gasteiger charge is 2.34. The van der Waals surface area contributed by atoms with Gasteiger partial charge in [0, 0.05) is 60.7 Å². The van der Waals surface area contributed by atoms with Crippen molar-refractivity contribution in [1.82, 2.24) is 14.8 Å². The monoisotopic (exact) mass is 613 g/mol. The van der Waals surface area contributed by atoms with Gasteiger partial charge in [0.2, 0.25) is 0 Å². The van der Waals surface area contributed by atoms with Crippen LogP contribution in [0.2, 0.25) is 0 Å². The number of ketones is 1. The number of rotatable bonds is 7. The fourth-order valence-corrected chi connectivity index (χ4v) is 6.97. The largest absolute Gasteiger partial charge is 0.416 e. The van der Waals surface area contributed by atoms with Crippen molar-refractivity contribution in [3.63, 3.8) is 0 Å². The van der Waals surface area contributed by atoms with Gasteiger partial charge in [0.1, 0.15) is 5.69 Å². The normalized spacial score (nSPS) is 15.5. The molecule has 0 N–H and O–H groups in total. The van der Waals surface area contributed by atoms with E-state index in [4.69, 9.17) is 0 Å². The Kier molecular flexibility index (Phi) is 8.51. The van der Waals surface area contributed by atoms with Gasteiger partial charge in [-0.2, -0.15) is 13.2 Å². The van der Waals surface area contributed by atoms with Crippen molar-refractivity contribution in [3.8, 4) is 0 Å². The smallest absolute Gasteiger partial charge is 0.304 e. The number of benzene rings is 3. The fourth-order valence-electron chi connectivity index (χ4n) is 5.92. The van der Waals surface area contributed by atoms with Crippen LogP contribution in [0.1, 0.15) is 55.0 Å². The number of pyridine rings is 1. The SMILES string of the molecule is C=C(c1ccc2c(c1)Cc1ccccc1S2)c1cnc(C(=O)Cc2ccc(CN3CCN(C)CC3)c(C(F)(F)F)c2)cc1C. The number of alkyl halides is 3. The molecule has 2 aliphatic rings. The van der Waals surface area contributed by atoms with E-state index in [0.29, 0.717) is 5.56 Å². The van der Waals surface area contributed by atoms with Gasteiger partial charge in [-0.3, -0.25) is 14.7 Å². The fraction of sp³-hybridized carbons (Fsp3) is 0.278. The lowest BCUT2D eigenvalue weighted by molar-refractivity contribution is -0.138. The van der Waals surface area contributed by atoms with Crippen LogP contribution in [0.5, 0.6) is 0 Å². The summed E-state index contributed by atoms with van der Waals surface area (Å²) in [4.78, 5) is 24.3. The van der Waals surface area contributed by atoms with Crippen molar-refractivity contribution in [2.24, 2.45) is 0 Å². The number of carbonyl (C=O) groups is 1. The van der Waals surface area contributed by atoms with Gasteiger partial charge in [0.25, 0.3) is 0 Å². The molecular formula is C36H34F3N3OS. The number of hydrogen-bond donors (Lipinski definition) is 0. The molecule has 6 rings (SSSR count). The molecule has 0 spiro atoms. The summed E-state index contributed by atoms with van der Waals surface area (Å²) in [5.74, 6) is -0.324. The van der Waals surface area contributed by atoms with Gasteiger partial charge in [-0.1, -0.05) is 54.7 Å². The lowest BCUT2D eigenvalue weighted by Crippen LogP contribution is -2.44. The molecule has 44 heavy (non-hydrogen) atoms. The Morgan fingerprint density at radius 1 is 0.955 bits per heavy atom. The number of piperazine rings is 1. The Labute approximate surface area is 260 Å². The topological polar surface area (TPSA) is 36.4 Å². The minimum atomic E-state index is -4.50. The number of hydrogen-bond acceptors (Lipinski definition) is 5. The van der Waals surface area contributed by atoms with Crippen LogP contribution in [0.3, 0.4) is 0 Å². The summed E-state index contributed by atoms with van der Waals surface area (Å²) in [6.07, 6.45) is -2.16. The third-order valence-corrected chi connectivity index (χ3v) is 9.77. The second-order valence-electron chi connectivity index (χ2n) is 11.7. The van der Waals surface area contributed by atoms with Crippen molar-refractivity contribution in [3.05, 3.63) is 130 Å². The molecule has 3 aromatic carbocycles. The quantitative estimate of drug-likeness (QED) is 0.176. The van der Waals surface area contributed by atoms with Gasteiger partial charge in [0.15, 0.2) is 5.78 Å². The molecule has 0 amide bonds. The third-order valence-electron chi connectivity index (χ3n) is 8.54. The number of nitrogens with zero attached hydrogens (tertiary/aromatic N) is 3. The second-order valence-corrected chi connectivity index (χ2v) is 12.8. The number of aryl methyl sites for hydroxylation is 1. The van der Waals surface area contributed by atoms with E-state index in [1.165, 1.54) is 27.0 Å². The molecule has 2 aliphatic heterocycles. The summed E-state index contributed by atoms with van der Waals surface area (Å²) < 4.78 is 42.1. The van der Waals surface area contributed by atoms with Gasteiger partial charge >= 0.3 is 6.18 Å². The average Bonchev–Trinajstić information content (AvgIpc) is 3.00. The predicted molar refractivity (Wildman–Crippen MR) is 169 cm³/mol. The first-order valence-corrected chi connectivity index (χ1v) is 15.5. The molecule has 1 saturated heterocycles. The van der Waals surface area contributed by atoms with Gasteiger partial charge in [-0.15, -0.1) is 0 Å². The molecule has 4 aromatic rings. The Bertz CT molecular complexity index is 1740. The molecule has 0 aliphatic carbocycles. The molecule has 0 saturated carbocycles. The minimum absolute atomic E-state index is 0.158.